The van der Waals surface area contributed by atoms with Gasteiger partial charge in [0.2, 0.25) is 15.9 Å². The molecule has 6 nitrogen and oxygen atoms in total. The van der Waals surface area contributed by atoms with Crippen molar-refractivity contribution in [1.29, 1.82) is 0 Å². The molecule has 0 bridgehead atoms. The Morgan fingerprint density at radius 3 is 2.08 bits per heavy atom. The molecule has 0 aromatic heterocycles. The summed E-state index contributed by atoms with van der Waals surface area (Å²) in [5.41, 5.74) is 1.72. The number of likely N-dealkylation sites (N-methyl/N-ethyl adjacent to an activating group) is 1. The van der Waals surface area contributed by atoms with Gasteiger partial charge in [0.25, 0.3) is 0 Å². The second-order valence-electron chi connectivity index (χ2n) is 5.84. The molecule has 1 N–H and O–H groups in total. The van der Waals surface area contributed by atoms with Crippen LogP contribution in [0.2, 0.25) is 0 Å². The van der Waals surface area contributed by atoms with E-state index in [1.807, 2.05) is 24.3 Å². The zero-order valence-electron chi connectivity index (χ0n) is 15.3. The number of anilines is 2. The summed E-state index contributed by atoms with van der Waals surface area (Å²) in [4.78, 5) is 14.6. The van der Waals surface area contributed by atoms with Crippen molar-refractivity contribution in [3.8, 4) is 0 Å². The van der Waals surface area contributed by atoms with Crippen LogP contribution in [0.3, 0.4) is 0 Å². The molecule has 0 spiro atoms. The molecule has 1 amide bonds. The predicted molar refractivity (Wildman–Crippen MR) is 105 cm³/mol. The van der Waals surface area contributed by atoms with Crippen LogP contribution in [-0.2, 0) is 14.8 Å². The second kappa shape index (κ2) is 8.82. The third kappa shape index (κ3) is 4.83. The van der Waals surface area contributed by atoms with Crippen molar-refractivity contribution in [2.75, 3.05) is 36.9 Å². The van der Waals surface area contributed by atoms with Crippen LogP contribution >= 0.6 is 0 Å². The lowest BCUT2D eigenvalue weighted by Crippen LogP contribution is -2.34. The van der Waals surface area contributed by atoms with E-state index in [1.54, 1.807) is 18.2 Å². The number of sulfonamides is 1. The zero-order valence-corrected chi connectivity index (χ0v) is 16.2. The molecule has 26 heavy (non-hydrogen) atoms. The van der Waals surface area contributed by atoms with Crippen molar-refractivity contribution in [2.45, 2.75) is 18.7 Å². The fourth-order valence-electron chi connectivity index (χ4n) is 2.60. The first-order chi connectivity index (χ1) is 12.4. The van der Waals surface area contributed by atoms with Crippen LogP contribution in [0.15, 0.2) is 59.5 Å². The summed E-state index contributed by atoms with van der Waals surface area (Å²) in [5, 5.41) is 2.73. The molecule has 2 rings (SSSR count). The largest absolute Gasteiger partial charge is 0.372 e. The monoisotopic (exact) mass is 375 g/mol. The minimum absolute atomic E-state index is 0.166. The summed E-state index contributed by atoms with van der Waals surface area (Å²) < 4.78 is 25.9. The van der Waals surface area contributed by atoms with Gasteiger partial charge in [0.1, 0.15) is 0 Å². The van der Waals surface area contributed by atoms with Gasteiger partial charge in [0.05, 0.1) is 11.4 Å². The van der Waals surface area contributed by atoms with Gasteiger partial charge in [0, 0.05) is 31.5 Å². The SMILES string of the molecule is CCN(CC)c1ccc(NC(=O)CN(C)S(=O)(=O)c2ccccc2)cc1. The van der Waals surface area contributed by atoms with Crippen molar-refractivity contribution >= 4 is 27.3 Å². The van der Waals surface area contributed by atoms with Crippen LogP contribution in [0.25, 0.3) is 0 Å². The molecular weight excluding hydrogens is 350 g/mol. The van der Waals surface area contributed by atoms with Gasteiger partial charge in [-0.25, -0.2) is 8.42 Å². The summed E-state index contributed by atoms with van der Waals surface area (Å²) in [6.07, 6.45) is 0. The maximum absolute atomic E-state index is 12.4. The molecule has 0 aliphatic carbocycles. The van der Waals surface area contributed by atoms with Crippen LogP contribution in [0.5, 0.6) is 0 Å². The van der Waals surface area contributed by atoms with Crippen LogP contribution in [0.4, 0.5) is 11.4 Å². The van der Waals surface area contributed by atoms with Crippen LogP contribution in [0.1, 0.15) is 13.8 Å². The van der Waals surface area contributed by atoms with E-state index in [9.17, 15) is 13.2 Å². The number of amides is 1. The van der Waals surface area contributed by atoms with Gasteiger partial charge in [-0.3, -0.25) is 4.79 Å². The maximum atomic E-state index is 12.4. The first kappa shape index (κ1) is 19.9. The molecule has 2 aromatic carbocycles. The van der Waals surface area contributed by atoms with Gasteiger partial charge in [-0.15, -0.1) is 0 Å². The highest BCUT2D eigenvalue weighted by atomic mass is 32.2. The Balaban J connectivity index is 2.00. The Labute approximate surface area is 155 Å². The highest BCUT2D eigenvalue weighted by Gasteiger charge is 2.22. The molecule has 0 saturated carbocycles. The normalized spacial score (nSPS) is 11.4. The lowest BCUT2D eigenvalue weighted by atomic mass is 10.2. The lowest BCUT2D eigenvalue weighted by Gasteiger charge is -2.21. The molecule has 0 fully saturated rings. The second-order valence-corrected chi connectivity index (χ2v) is 7.89. The van der Waals surface area contributed by atoms with Gasteiger partial charge < -0.3 is 10.2 Å². The van der Waals surface area contributed by atoms with E-state index in [0.29, 0.717) is 5.69 Å². The molecule has 0 aliphatic heterocycles. The number of rotatable bonds is 8. The molecule has 0 atom stereocenters. The van der Waals surface area contributed by atoms with Crippen molar-refractivity contribution < 1.29 is 13.2 Å². The molecule has 0 saturated heterocycles. The van der Waals surface area contributed by atoms with E-state index >= 15 is 0 Å². The van der Waals surface area contributed by atoms with Crippen LogP contribution < -0.4 is 10.2 Å². The van der Waals surface area contributed by atoms with Gasteiger partial charge in [0.15, 0.2) is 0 Å². The third-order valence-corrected chi connectivity index (χ3v) is 5.91. The van der Waals surface area contributed by atoms with Crippen LogP contribution in [0, 0.1) is 0 Å². The van der Waals surface area contributed by atoms with E-state index in [-0.39, 0.29) is 17.3 Å². The number of nitrogens with zero attached hydrogens (tertiary/aromatic N) is 2. The van der Waals surface area contributed by atoms with E-state index in [0.717, 1.165) is 23.1 Å². The molecule has 0 aliphatic rings. The van der Waals surface area contributed by atoms with Crippen LogP contribution in [-0.4, -0.2) is 45.3 Å². The first-order valence-corrected chi connectivity index (χ1v) is 9.98. The zero-order chi connectivity index (χ0) is 19.2. The molecule has 2 aromatic rings. The van der Waals surface area contributed by atoms with Crippen molar-refractivity contribution in [3.63, 3.8) is 0 Å². The Morgan fingerprint density at radius 1 is 0.962 bits per heavy atom. The summed E-state index contributed by atoms with van der Waals surface area (Å²) in [6.45, 7) is 5.73. The number of hydrogen-bond acceptors (Lipinski definition) is 4. The van der Waals surface area contributed by atoms with E-state index in [2.05, 4.69) is 24.1 Å². The predicted octanol–water partition coefficient (Wildman–Crippen LogP) is 2.79. The molecule has 0 heterocycles. The van der Waals surface area contributed by atoms with Gasteiger partial charge in [-0.2, -0.15) is 4.31 Å². The minimum atomic E-state index is -3.69. The smallest absolute Gasteiger partial charge is 0.243 e. The molecule has 7 heteroatoms. The lowest BCUT2D eigenvalue weighted by molar-refractivity contribution is -0.116. The standard InChI is InChI=1S/C19H25N3O3S/c1-4-22(5-2)17-13-11-16(12-14-17)20-19(23)15-21(3)26(24,25)18-9-7-6-8-10-18/h6-14H,4-5,15H2,1-3H3,(H,20,23). The van der Waals surface area contributed by atoms with Gasteiger partial charge >= 0.3 is 0 Å². The fourth-order valence-corrected chi connectivity index (χ4v) is 3.75. The summed E-state index contributed by atoms with van der Waals surface area (Å²) in [6, 6.07) is 15.6. The Hall–Kier alpha value is -2.38. The molecular formula is C19H25N3O3S. The molecule has 0 unspecified atom stereocenters. The average Bonchev–Trinajstić information content (AvgIpc) is 2.64. The van der Waals surface area contributed by atoms with E-state index < -0.39 is 10.0 Å². The number of benzene rings is 2. The summed E-state index contributed by atoms with van der Waals surface area (Å²) in [5.74, 6) is -0.386. The number of carbonyl (C=O) groups is 1. The highest BCUT2D eigenvalue weighted by Crippen LogP contribution is 2.18. The Kier molecular flexibility index (Phi) is 6.76. The van der Waals surface area contributed by atoms with E-state index in [4.69, 9.17) is 0 Å². The fraction of sp³-hybridized carbons (Fsp3) is 0.316. The van der Waals surface area contributed by atoms with Gasteiger partial charge in [-0.05, 0) is 50.2 Å². The third-order valence-electron chi connectivity index (χ3n) is 4.10. The topological polar surface area (TPSA) is 69.7 Å². The summed E-state index contributed by atoms with van der Waals surface area (Å²) >= 11 is 0. The Morgan fingerprint density at radius 2 is 1.54 bits per heavy atom. The Bertz CT molecular complexity index is 817. The number of nitrogens with one attached hydrogen (secondary N) is 1. The highest BCUT2D eigenvalue weighted by molar-refractivity contribution is 7.89. The molecule has 140 valence electrons. The van der Waals surface area contributed by atoms with E-state index in [1.165, 1.54) is 19.2 Å². The van der Waals surface area contributed by atoms with Gasteiger partial charge in [-0.1, -0.05) is 18.2 Å². The quantitative estimate of drug-likeness (QED) is 0.770. The van der Waals surface area contributed by atoms with Crippen molar-refractivity contribution in [3.05, 3.63) is 54.6 Å². The maximum Gasteiger partial charge on any atom is 0.243 e. The van der Waals surface area contributed by atoms with Crippen molar-refractivity contribution in [1.82, 2.24) is 4.31 Å². The number of hydrogen-bond donors (Lipinski definition) is 1. The first-order valence-electron chi connectivity index (χ1n) is 8.54. The number of carbonyl (C=O) groups excluding carboxylic acids is 1. The average molecular weight is 375 g/mol. The van der Waals surface area contributed by atoms with Crippen molar-refractivity contribution in [2.24, 2.45) is 0 Å². The minimum Gasteiger partial charge on any atom is -0.372 e. The molecule has 0 radical (unpaired) electrons. The summed E-state index contributed by atoms with van der Waals surface area (Å²) in [7, 11) is -2.29.